The van der Waals surface area contributed by atoms with Gasteiger partial charge < -0.3 is 0 Å². The molecule has 70 valence electrons. The molecule has 0 aromatic rings. The summed E-state index contributed by atoms with van der Waals surface area (Å²) < 4.78 is 0. The molecule has 0 saturated carbocycles. The zero-order valence-corrected chi connectivity index (χ0v) is 8.46. The fraction of sp³-hybridized carbons (Fsp3) is 0.500. The molecule has 2 atom stereocenters. The third kappa shape index (κ3) is 0.836. The first kappa shape index (κ1) is 9.03. The molecular weight excluding hydrogens is 172 g/mol. The van der Waals surface area contributed by atoms with Crippen molar-refractivity contribution in [2.45, 2.75) is 26.7 Å². The summed E-state index contributed by atoms with van der Waals surface area (Å²) in [6, 6.07) is 4.46. The molecule has 0 N–H and O–H groups in total. The van der Waals surface area contributed by atoms with E-state index in [9.17, 15) is 0 Å². The van der Waals surface area contributed by atoms with E-state index in [2.05, 4.69) is 26.0 Å². The Labute approximate surface area is 84.1 Å². The number of hydrogen-bond acceptors (Lipinski definition) is 2. The van der Waals surface area contributed by atoms with E-state index >= 15 is 0 Å². The van der Waals surface area contributed by atoms with Gasteiger partial charge in [-0.3, -0.25) is 0 Å². The largest absolute Gasteiger partial charge is 0.193 e. The normalized spacial score (nSPS) is 39.4. The molecule has 2 heteroatoms. The number of rotatable bonds is 0. The molecule has 0 fully saturated rings. The maximum Gasteiger partial charge on any atom is 0.0953 e. The van der Waals surface area contributed by atoms with E-state index in [-0.39, 0.29) is 10.8 Å². The number of allylic oxidation sites excluding steroid dienone is 4. The summed E-state index contributed by atoms with van der Waals surface area (Å²) in [4.78, 5) is 0. The van der Waals surface area contributed by atoms with E-state index < -0.39 is 0 Å². The zero-order chi connectivity index (χ0) is 10.4. The van der Waals surface area contributed by atoms with Crippen molar-refractivity contribution in [2.75, 3.05) is 0 Å². The molecule has 0 aromatic heterocycles. The highest BCUT2D eigenvalue weighted by Crippen LogP contribution is 2.60. The maximum atomic E-state index is 9.02. The Kier molecular flexibility index (Phi) is 1.60. The molecule has 2 rings (SSSR count). The summed E-state index contributed by atoms with van der Waals surface area (Å²) in [5, 5.41) is 17.9. The van der Waals surface area contributed by atoms with E-state index in [4.69, 9.17) is 10.5 Å². The summed E-state index contributed by atoms with van der Waals surface area (Å²) >= 11 is 0. The van der Waals surface area contributed by atoms with Crippen LogP contribution in [0.3, 0.4) is 0 Å². The summed E-state index contributed by atoms with van der Waals surface area (Å²) in [6.07, 6.45) is 5.72. The number of hydrogen-bond donors (Lipinski definition) is 0. The predicted molar refractivity (Wildman–Crippen MR) is 52.8 cm³/mol. The van der Waals surface area contributed by atoms with Crippen LogP contribution >= 0.6 is 0 Å². The molecule has 0 aliphatic heterocycles. The third-order valence-electron chi connectivity index (χ3n) is 3.88. The number of nitrogens with zero attached hydrogens (tertiary/aromatic N) is 2. The Morgan fingerprint density at radius 1 is 1.29 bits per heavy atom. The van der Waals surface area contributed by atoms with Gasteiger partial charge in [0.2, 0.25) is 0 Å². The summed E-state index contributed by atoms with van der Waals surface area (Å²) in [6.45, 7) is 4.23. The Balaban J connectivity index is 2.52. The highest BCUT2D eigenvalue weighted by atomic mass is 14.6. The van der Waals surface area contributed by atoms with Crippen LogP contribution in [0.15, 0.2) is 23.3 Å². The van der Waals surface area contributed by atoms with Crippen molar-refractivity contribution in [3.05, 3.63) is 23.3 Å². The SMILES string of the molecule is CC12CC=C(C#N)C1(C)C=C(C#N)C2. The Morgan fingerprint density at radius 2 is 2.00 bits per heavy atom. The van der Waals surface area contributed by atoms with Crippen LogP contribution in [0, 0.1) is 33.5 Å². The van der Waals surface area contributed by atoms with Crippen LogP contribution in [0.1, 0.15) is 26.7 Å². The number of nitriles is 2. The van der Waals surface area contributed by atoms with E-state index in [0.29, 0.717) is 0 Å². The number of fused-ring (bicyclic) bond motifs is 1. The molecule has 0 saturated heterocycles. The smallest absolute Gasteiger partial charge is 0.0953 e. The summed E-state index contributed by atoms with van der Waals surface area (Å²) in [7, 11) is 0. The molecule has 0 radical (unpaired) electrons. The molecular formula is C12H12N2. The zero-order valence-electron chi connectivity index (χ0n) is 8.46. The lowest BCUT2D eigenvalue weighted by molar-refractivity contribution is 0.211. The van der Waals surface area contributed by atoms with Gasteiger partial charge in [-0.25, -0.2) is 0 Å². The van der Waals surface area contributed by atoms with E-state index in [1.165, 1.54) is 0 Å². The molecule has 0 bridgehead atoms. The van der Waals surface area contributed by atoms with Crippen LogP contribution in [0.4, 0.5) is 0 Å². The first-order valence-corrected chi connectivity index (χ1v) is 4.78. The molecule has 0 amide bonds. The Bertz CT molecular complexity index is 430. The fourth-order valence-corrected chi connectivity index (χ4v) is 2.64. The van der Waals surface area contributed by atoms with Gasteiger partial charge in [0.1, 0.15) is 0 Å². The predicted octanol–water partition coefficient (Wildman–Crippen LogP) is 2.71. The monoisotopic (exact) mass is 184 g/mol. The van der Waals surface area contributed by atoms with Crippen molar-refractivity contribution in [1.82, 2.24) is 0 Å². The first-order chi connectivity index (χ1) is 6.55. The maximum absolute atomic E-state index is 9.02. The lowest BCUT2D eigenvalue weighted by Gasteiger charge is -2.34. The van der Waals surface area contributed by atoms with Crippen molar-refractivity contribution in [3.63, 3.8) is 0 Å². The van der Waals surface area contributed by atoms with Gasteiger partial charge in [0.25, 0.3) is 0 Å². The van der Waals surface area contributed by atoms with Crippen molar-refractivity contribution in [1.29, 1.82) is 10.5 Å². The highest BCUT2D eigenvalue weighted by Gasteiger charge is 2.53. The van der Waals surface area contributed by atoms with Gasteiger partial charge in [-0.1, -0.05) is 26.0 Å². The topological polar surface area (TPSA) is 47.6 Å². The molecule has 14 heavy (non-hydrogen) atoms. The lowest BCUT2D eigenvalue weighted by Crippen LogP contribution is -2.29. The van der Waals surface area contributed by atoms with Crippen LogP contribution < -0.4 is 0 Å². The minimum atomic E-state index is -0.202. The molecule has 0 spiro atoms. The average Bonchev–Trinajstić information content (AvgIpc) is 2.52. The molecule has 0 aromatic carbocycles. The molecule has 2 nitrogen and oxygen atoms in total. The van der Waals surface area contributed by atoms with E-state index in [1.807, 2.05) is 12.2 Å². The minimum Gasteiger partial charge on any atom is -0.193 e. The summed E-state index contributed by atoms with van der Waals surface area (Å²) in [5.74, 6) is 0. The van der Waals surface area contributed by atoms with Crippen molar-refractivity contribution < 1.29 is 0 Å². The van der Waals surface area contributed by atoms with Crippen molar-refractivity contribution in [2.24, 2.45) is 10.8 Å². The van der Waals surface area contributed by atoms with Gasteiger partial charge in [-0.15, -0.1) is 0 Å². The third-order valence-corrected chi connectivity index (χ3v) is 3.88. The highest BCUT2D eigenvalue weighted by molar-refractivity contribution is 5.48. The van der Waals surface area contributed by atoms with Crippen LogP contribution in [0.25, 0.3) is 0 Å². The average molecular weight is 184 g/mol. The van der Waals surface area contributed by atoms with Crippen molar-refractivity contribution >= 4 is 0 Å². The van der Waals surface area contributed by atoms with E-state index in [1.54, 1.807) is 0 Å². The Morgan fingerprint density at radius 3 is 2.57 bits per heavy atom. The van der Waals surface area contributed by atoms with Crippen LogP contribution in [-0.2, 0) is 0 Å². The molecule has 0 heterocycles. The Hall–Kier alpha value is -1.54. The second kappa shape index (κ2) is 2.49. The van der Waals surface area contributed by atoms with Gasteiger partial charge in [0.15, 0.2) is 0 Å². The van der Waals surface area contributed by atoms with Crippen LogP contribution in [0.5, 0.6) is 0 Å². The quantitative estimate of drug-likeness (QED) is 0.581. The van der Waals surface area contributed by atoms with Crippen molar-refractivity contribution in [3.8, 4) is 12.1 Å². The second-order valence-electron chi connectivity index (χ2n) is 4.65. The lowest BCUT2D eigenvalue weighted by atomic mass is 9.67. The molecule has 2 aliphatic carbocycles. The first-order valence-electron chi connectivity index (χ1n) is 4.78. The van der Waals surface area contributed by atoms with E-state index in [0.717, 1.165) is 24.0 Å². The van der Waals surface area contributed by atoms with Gasteiger partial charge in [0, 0.05) is 16.6 Å². The van der Waals surface area contributed by atoms with Gasteiger partial charge >= 0.3 is 0 Å². The molecule has 2 aliphatic rings. The second-order valence-corrected chi connectivity index (χ2v) is 4.65. The van der Waals surface area contributed by atoms with Crippen LogP contribution in [-0.4, -0.2) is 0 Å². The van der Waals surface area contributed by atoms with Crippen LogP contribution in [0.2, 0.25) is 0 Å². The van der Waals surface area contributed by atoms with Gasteiger partial charge in [0.05, 0.1) is 12.1 Å². The van der Waals surface area contributed by atoms with Gasteiger partial charge in [-0.2, -0.15) is 10.5 Å². The summed E-state index contributed by atoms with van der Waals surface area (Å²) in [5.41, 5.74) is 1.51. The fourth-order valence-electron chi connectivity index (χ4n) is 2.64. The minimum absolute atomic E-state index is 0.0587. The van der Waals surface area contributed by atoms with Gasteiger partial charge in [-0.05, 0) is 18.3 Å². The molecule has 2 unspecified atom stereocenters. The standard InChI is InChI=1S/C12H12N2/c1-11-4-3-10(8-14)12(11,2)6-9(5-11)7-13/h3,6H,4-5H2,1-2H3.